The van der Waals surface area contributed by atoms with Crippen LogP contribution in [0.3, 0.4) is 0 Å². The summed E-state index contributed by atoms with van der Waals surface area (Å²) in [6.07, 6.45) is -3.11. The molecule has 0 rings (SSSR count). The Kier molecular flexibility index (Phi) is 4.32. The standard InChI is InChI=1S/C6H9BrF3/c1-5(7)3-2-4-6(8,9)10/h4-5H,2-3H2,1H3. The first-order chi connectivity index (χ1) is 4.42. The monoisotopic (exact) mass is 217 g/mol. The van der Waals surface area contributed by atoms with Crippen molar-refractivity contribution in [1.29, 1.82) is 0 Å². The summed E-state index contributed by atoms with van der Waals surface area (Å²) in [5.41, 5.74) is 0. The van der Waals surface area contributed by atoms with Crippen LogP contribution in [0, 0.1) is 6.42 Å². The highest BCUT2D eigenvalue weighted by Crippen LogP contribution is 2.22. The van der Waals surface area contributed by atoms with E-state index in [-0.39, 0.29) is 11.2 Å². The first-order valence-electron chi connectivity index (χ1n) is 2.97. The summed E-state index contributed by atoms with van der Waals surface area (Å²) in [6, 6.07) is 0. The highest BCUT2D eigenvalue weighted by atomic mass is 79.9. The van der Waals surface area contributed by atoms with Crippen LogP contribution in [0.25, 0.3) is 0 Å². The molecule has 0 saturated heterocycles. The maximum Gasteiger partial charge on any atom is 0.392 e. The van der Waals surface area contributed by atoms with Gasteiger partial charge < -0.3 is 0 Å². The predicted octanol–water partition coefficient (Wildman–Crippen LogP) is 3.32. The molecule has 0 aromatic heterocycles. The molecule has 0 bridgehead atoms. The van der Waals surface area contributed by atoms with Gasteiger partial charge in [-0.05, 0) is 12.8 Å². The number of hydrogen-bond donors (Lipinski definition) is 0. The third kappa shape index (κ3) is 8.27. The molecule has 1 atom stereocenters. The molecule has 1 radical (unpaired) electrons. The van der Waals surface area contributed by atoms with Crippen LogP contribution in [0.1, 0.15) is 19.8 Å². The number of rotatable bonds is 3. The normalized spacial score (nSPS) is 15.3. The summed E-state index contributed by atoms with van der Waals surface area (Å²) in [5, 5.41) is 0. The first-order valence-corrected chi connectivity index (χ1v) is 3.88. The van der Waals surface area contributed by atoms with Crippen molar-refractivity contribution in [2.45, 2.75) is 30.8 Å². The number of alkyl halides is 4. The fourth-order valence-electron chi connectivity index (χ4n) is 0.477. The van der Waals surface area contributed by atoms with Crippen LogP contribution in [0.15, 0.2) is 0 Å². The summed E-state index contributed by atoms with van der Waals surface area (Å²) < 4.78 is 34.3. The van der Waals surface area contributed by atoms with E-state index in [0.29, 0.717) is 12.8 Å². The predicted molar refractivity (Wildman–Crippen MR) is 38.0 cm³/mol. The van der Waals surface area contributed by atoms with Gasteiger partial charge in [-0.1, -0.05) is 22.9 Å². The van der Waals surface area contributed by atoms with Crippen LogP contribution in [0.2, 0.25) is 0 Å². The molecule has 0 fully saturated rings. The summed E-state index contributed by atoms with van der Waals surface area (Å²) >= 11 is 3.15. The Bertz CT molecular complexity index is 87.5. The molecule has 0 saturated carbocycles. The molecule has 4 heteroatoms. The van der Waals surface area contributed by atoms with Crippen LogP contribution in [0.4, 0.5) is 13.2 Å². The molecule has 0 aliphatic heterocycles. The fourth-order valence-corrected chi connectivity index (χ4v) is 0.741. The average molecular weight is 218 g/mol. The molecule has 0 amide bonds. The van der Waals surface area contributed by atoms with Crippen molar-refractivity contribution in [3.05, 3.63) is 6.42 Å². The van der Waals surface area contributed by atoms with E-state index in [1.165, 1.54) is 0 Å². The molecule has 0 aliphatic rings. The van der Waals surface area contributed by atoms with E-state index in [0.717, 1.165) is 0 Å². The van der Waals surface area contributed by atoms with Crippen molar-refractivity contribution in [2.75, 3.05) is 0 Å². The minimum atomic E-state index is -4.11. The lowest BCUT2D eigenvalue weighted by molar-refractivity contribution is -0.0983. The van der Waals surface area contributed by atoms with Crippen molar-refractivity contribution >= 4 is 15.9 Å². The minimum Gasteiger partial charge on any atom is -0.171 e. The van der Waals surface area contributed by atoms with Crippen LogP contribution < -0.4 is 0 Å². The van der Waals surface area contributed by atoms with E-state index in [4.69, 9.17) is 0 Å². The average Bonchev–Trinajstić information content (AvgIpc) is 1.59. The van der Waals surface area contributed by atoms with Gasteiger partial charge in [0.05, 0.1) is 6.42 Å². The summed E-state index contributed by atoms with van der Waals surface area (Å²) in [7, 11) is 0. The molecule has 0 heterocycles. The van der Waals surface area contributed by atoms with E-state index < -0.39 is 6.18 Å². The second-order valence-corrected chi connectivity index (χ2v) is 3.67. The van der Waals surface area contributed by atoms with E-state index in [2.05, 4.69) is 15.9 Å². The highest BCUT2D eigenvalue weighted by Gasteiger charge is 2.26. The number of halogens is 4. The topological polar surface area (TPSA) is 0 Å². The molecule has 0 spiro atoms. The van der Waals surface area contributed by atoms with Crippen molar-refractivity contribution in [2.24, 2.45) is 0 Å². The molecule has 0 N–H and O–H groups in total. The fraction of sp³-hybridized carbons (Fsp3) is 0.833. The highest BCUT2D eigenvalue weighted by molar-refractivity contribution is 9.09. The lowest BCUT2D eigenvalue weighted by Crippen LogP contribution is -2.08. The van der Waals surface area contributed by atoms with Gasteiger partial charge in [0.15, 0.2) is 0 Å². The first kappa shape index (κ1) is 10.3. The van der Waals surface area contributed by atoms with E-state index in [9.17, 15) is 13.2 Å². The van der Waals surface area contributed by atoms with Gasteiger partial charge in [-0.2, -0.15) is 13.2 Å². The lowest BCUT2D eigenvalue weighted by Gasteiger charge is -2.05. The van der Waals surface area contributed by atoms with Gasteiger partial charge in [-0.15, -0.1) is 0 Å². The van der Waals surface area contributed by atoms with Gasteiger partial charge in [-0.3, -0.25) is 0 Å². The van der Waals surface area contributed by atoms with Gasteiger partial charge in [-0.25, -0.2) is 0 Å². The lowest BCUT2D eigenvalue weighted by atomic mass is 10.2. The zero-order chi connectivity index (χ0) is 8.20. The Morgan fingerprint density at radius 2 is 2.00 bits per heavy atom. The molecule has 10 heavy (non-hydrogen) atoms. The van der Waals surface area contributed by atoms with Gasteiger partial charge in [0.25, 0.3) is 0 Å². The van der Waals surface area contributed by atoms with E-state index >= 15 is 0 Å². The maximum atomic E-state index is 11.4. The molecule has 61 valence electrons. The van der Waals surface area contributed by atoms with Crippen molar-refractivity contribution in [1.82, 2.24) is 0 Å². The second kappa shape index (κ2) is 4.21. The summed E-state index contributed by atoms with van der Waals surface area (Å²) in [4.78, 5) is 0.158. The Labute approximate surface area is 66.9 Å². The zero-order valence-electron chi connectivity index (χ0n) is 5.58. The molecule has 0 aromatic rings. The molecule has 0 aliphatic carbocycles. The van der Waals surface area contributed by atoms with Gasteiger partial charge in [0, 0.05) is 4.83 Å². The Balaban J connectivity index is 3.21. The van der Waals surface area contributed by atoms with Crippen LogP contribution in [-0.4, -0.2) is 11.0 Å². The van der Waals surface area contributed by atoms with E-state index in [1.54, 1.807) is 0 Å². The Morgan fingerprint density at radius 3 is 2.30 bits per heavy atom. The van der Waals surface area contributed by atoms with Gasteiger partial charge >= 0.3 is 6.18 Å². The zero-order valence-corrected chi connectivity index (χ0v) is 7.17. The van der Waals surface area contributed by atoms with Crippen molar-refractivity contribution in [3.63, 3.8) is 0 Å². The van der Waals surface area contributed by atoms with Crippen LogP contribution >= 0.6 is 15.9 Å². The second-order valence-electron chi connectivity index (χ2n) is 2.10. The van der Waals surface area contributed by atoms with Crippen LogP contribution in [-0.2, 0) is 0 Å². The number of hydrogen-bond acceptors (Lipinski definition) is 0. The molecule has 0 aromatic carbocycles. The largest absolute Gasteiger partial charge is 0.392 e. The quantitative estimate of drug-likeness (QED) is 0.637. The Hall–Kier alpha value is 0.270. The molecule has 0 nitrogen and oxygen atoms in total. The molecular formula is C6H9BrF3. The minimum absolute atomic E-state index is 0.0932. The SMILES string of the molecule is CC(Br)CC[CH]C(F)(F)F. The van der Waals surface area contributed by atoms with Crippen molar-refractivity contribution in [3.8, 4) is 0 Å². The molecule has 1 unspecified atom stereocenters. The van der Waals surface area contributed by atoms with Gasteiger partial charge in [0.1, 0.15) is 0 Å². The maximum absolute atomic E-state index is 11.4. The molecular weight excluding hydrogens is 209 g/mol. The van der Waals surface area contributed by atoms with Crippen LogP contribution in [0.5, 0.6) is 0 Å². The summed E-state index contributed by atoms with van der Waals surface area (Å²) in [5.74, 6) is 0. The third-order valence-electron chi connectivity index (χ3n) is 0.940. The van der Waals surface area contributed by atoms with Crippen molar-refractivity contribution < 1.29 is 13.2 Å². The Morgan fingerprint density at radius 1 is 1.50 bits per heavy atom. The summed E-state index contributed by atoms with van der Waals surface area (Å²) in [6.45, 7) is 1.82. The van der Waals surface area contributed by atoms with E-state index in [1.807, 2.05) is 6.92 Å². The smallest absolute Gasteiger partial charge is 0.171 e. The third-order valence-corrected chi connectivity index (χ3v) is 1.40. The van der Waals surface area contributed by atoms with Gasteiger partial charge in [0.2, 0.25) is 0 Å².